The van der Waals surface area contributed by atoms with E-state index < -0.39 is 11.8 Å². The molecule has 0 aliphatic rings. The number of amides is 2. The molecule has 0 saturated carbocycles. The zero-order valence-electron chi connectivity index (χ0n) is 12.8. The maximum atomic E-state index is 11.7. The Morgan fingerprint density at radius 3 is 2.40 bits per heavy atom. The third kappa shape index (κ3) is 6.78. The molecule has 8 heteroatoms. The van der Waals surface area contributed by atoms with Crippen molar-refractivity contribution < 1.29 is 14.3 Å². The maximum absolute atomic E-state index is 11.7. The van der Waals surface area contributed by atoms with Crippen LogP contribution in [-0.4, -0.2) is 18.4 Å². The van der Waals surface area contributed by atoms with Crippen molar-refractivity contribution in [3.63, 3.8) is 0 Å². The summed E-state index contributed by atoms with van der Waals surface area (Å²) >= 11 is 14.9. The van der Waals surface area contributed by atoms with Crippen molar-refractivity contribution in [3.05, 3.63) is 68.6 Å². The minimum atomic E-state index is -0.505. The van der Waals surface area contributed by atoms with E-state index >= 15 is 0 Å². The molecule has 0 bridgehead atoms. The summed E-state index contributed by atoms with van der Waals surface area (Å²) in [6, 6.07) is 11.9. The van der Waals surface area contributed by atoms with Gasteiger partial charge in [-0.25, -0.2) is 0 Å². The topological polar surface area (TPSA) is 67.4 Å². The molecule has 0 aliphatic heterocycles. The molecule has 25 heavy (non-hydrogen) atoms. The summed E-state index contributed by atoms with van der Waals surface area (Å²) in [5, 5.41) is 1.16. The SMILES string of the molecule is O=C(/C=C/c1ccc(Cl)cc1)NNC(=O)COc1ccc(Cl)cc1Br. The summed E-state index contributed by atoms with van der Waals surface area (Å²) in [5.74, 6) is -0.514. The molecule has 5 nitrogen and oxygen atoms in total. The highest BCUT2D eigenvalue weighted by atomic mass is 79.9. The van der Waals surface area contributed by atoms with Crippen LogP contribution in [0.2, 0.25) is 10.0 Å². The van der Waals surface area contributed by atoms with E-state index in [0.29, 0.717) is 20.3 Å². The van der Waals surface area contributed by atoms with Gasteiger partial charge in [0.15, 0.2) is 6.61 Å². The molecule has 2 aromatic rings. The second kappa shape index (κ2) is 9.46. The quantitative estimate of drug-likeness (QED) is 0.542. The average Bonchev–Trinajstić information content (AvgIpc) is 2.58. The molecule has 0 fully saturated rings. The van der Waals surface area contributed by atoms with Crippen LogP contribution in [0.4, 0.5) is 0 Å². The lowest BCUT2D eigenvalue weighted by Gasteiger charge is -2.09. The molecule has 2 rings (SSSR count). The van der Waals surface area contributed by atoms with Gasteiger partial charge in [-0.15, -0.1) is 0 Å². The highest BCUT2D eigenvalue weighted by Crippen LogP contribution is 2.27. The molecular weight excluding hydrogens is 431 g/mol. The number of hydrogen-bond donors (Lipinski definition) is 2. The first-order chi connectivity index (χ1) is 11.9. The Hall–Kier alpha value is -2.02. The number of ether oxygens (including phenoxy) is 1. The van der Waals surface area contributed by atoms with Crippen LogP contribution in [0.3, 0.4) is 0 Å². The number of carbonyl (C=O) groups excluding carboxylic acids is 2. The zero-order valence-corrected chi connectivity index (χ0v) is 15.9. The Morgan fingerprint density at radius 2 is 1.72 bits per heavy atom. The van der Waals surface area contributed by atoms with E-state index in [-0.39, 0.29) is 6.61 Å². The molecular formula is C17H13BrCl2N2O3. The van der Waals surface area contributed by atoms with Crippen LogP contribution in [0.1, 0.15) is 5.56 Å². The monoisotopic (exact) mass is 442 g/mol. The lowest BCUT2D eigenvalue weighted by atomic mass is 10.2. The van der Waals surface area contributed by atoms with Crippen LogP contribution in [0.15, 0.2) is 53.0 Å². The number of rotatable bonds is 5. The van der Waals surface area contributed by atoms with E-state index in [1.54, 1.807) is 48.5 Å². The van der Waals surface area contributed by atoms with Crippen molar-refractivity contribution in [2.45, 2.75) is 0 Å². The van der Waals surface area contributed by atoms with E-state index in [1.165, 1.54) is 6.08 Å². The van der Waals surface area contributed by atoms with Crippen molar-refractivity contribution in [2.24, 2.45) is 0 Å². The fraction of sp³-hybridized carbons (Fsp3) is 0.0588. The van der Waals surface area contributed by atoms with E-state index in [2.05, 4.69) is 26.8 Å². The van der Waals surface area contributed by atoms with E-state index in [4.69, 9.17) is 27.9 Å². The number of hydrogen-bond acceptors (Lipinski definition) is 3. The van der Waals surface area contributed by atoms with Crippen molar-refractivity contribution in [2.75, 3.05) is 6.61 Å². The average molecular weight is 444 g/mol. The molecule has 0 aliphatic carbocycles. The summed E-state index contributed by atoms with van der Waals surface area (Å²) in [4.78, 5) is 23.3. The minimum Gasteiger partial charge on any atom is -0.483 e. The predicted molar refractivity (Wildman–Crippen MR) is 101 cm³/mol. The highest BCUT2D eigenvalue weighted by Gasteiger charge is 2.06. The number of hydrazine groups is 1. The second-order valence-corrected chi connectivity index (χ2v) is 6.51. The number of nitrogens with one attached hydrogen (secondary N) is 2. The Balaban J connectivity index is 1.75. The Bertz CT molecular complexity index is 795. The van der Waals surface area contributed by atoms with Gasteiger partial charge in [-0.05, 0) is 57.9 Å². The van der Waals surface area contributed by atoms with Gasteiger partial charge in [0.25, 0.3) is 11.8 Å². The first kappa shape index (κ1) is 19.3. The molecule has 0 atom stereocenters. The smallest absolute Gasteiger partial charge is 0.276 e. The van der Waals surface area contributed by atoms with Gasteiger partial charge < -0.3 is 4.74 Å². The zero-order chi connectivity index (χ0) is 18.2. The fourth-order valence-corrected chi connectivity index (χ4v) is 2.61. The van der Waals surface area contributed by atoms with E-state index in [0.717, 1.165) is 5.56 Å². The molecule has 130 valence electrons. The summed E-state index contributed by atoms with van der Waals surface area (Å²) < 4.78 is 5.95. The van der Waals surface area contributed by atoms with Gasteiger partial charge in [0.05, 0.1) is 4.47 Å². The van der Waals surface area contributed by atoms with Crippen LogP contribution in [0, 0.1) is 0 Å². The molecule has 2 N–H and O–H groups in total. The van der Waals surface area contributed by atoms with Gasteiger partial charge in [0, 0.05) is 16.1 Å². The third-order valence-electron chi connectivity index (χ3n) is 2.87. The number of carbonyl (C=O) groups is 2. The molecule has 0 radical (unpaired) electrons. The second-order valence-electron chi connectivity index (χ2n) is 4.79. The number of benzene rings is 2. The highest BCUT2D eigenvalue weighted by molar-refractivity contribution is 9.10. The van der Waals surface area contributed by atoms with Crippen molar-refractivity contribution in [1.29, 1.82) is 0 Å². The van der Waals surface area contributed by atoms with E-state index in [1.807, 2.05) is 0 Å². The molecule has 0 heterocycles. The van der Waals surface area contributed by atoms with Crippen LogP contribution in [0.5, 0.6) is 5.75 Å². The summed E-state index contributed by atoms with van der Waals surface area (Å²) in [5.41, 5.74) is 5.32. The summed E-state index contributed by atoms with van der Waals surface area (Å²) in [6.07, 6.45) is 2.89. The Morgan fingerprint density at radius 1 is 1.04 bits per heavy atom. The van der Waals surface area contributed by atoms with Gasteiger partial charge in [-0.2, -0.15) is 0 Å². The van der Waals surface area contributed by atoms with Crippen LogP contribution in [0.25, 0.3) is 6.08 Å². The van der Waals surface area contributed by atoms with Crippen LogP contribution >= 0.6 is 39.1 Å². The largest absolute Gasteiger partial charge is 0.483 e. The Kier molecular flexibility index (Phi) is 7.31. The van der Waals surface area contributed by atoms with Crippen LogP contribution < -0.4 is 15.6 Å². The van der Waals surface area contributed by atoms with E-state index in [9.17, 15) is 9.59 Å². The van der Waals surface area contributed by atoms with Crippen molar-refractivity contribution in [1.82, 2.24) is 10.9 Å². The van der Waals surface area contributed by atoms with Gasteiger partial charge >= 0.3 is 0 Å². The lowest BCUT2D eigenvalue weighted by Crippen LogP contribution is -2.43. The molecule has 0 saturated heterocycles. The maximum Gasteiger partial charge on any atom is 0.276 e. The van der Waals surface area contributed by atoms with Gasteiger partial charge in [0.1, 0.15) is 5.75 Å². The first-order valence-corrected chi connectivity index (χ1v) is 8.59. The van der Waals surface area contributed by atoms with Crippen molar-refractivity contribution in [3.8, 4) is 5.75 Å². The fourth-order valence-electron chi connectivity index (χ4n) is 1.69. The first-order valence-electron chi connectivity index (χ1n) is 7.04. The normalized spacial score (nSPS) is 10.5. The molecule has 0 aromatic heterocycles. The molecule has 2 aromatic carbocycles. The molecule has 0 unspecified atom stereocenters. The number of halogens is 3. The predicted octanol–water partition coefficient (Wildman–Crippen LogP) is 4.00. The minimum absolute atomic E-state index is 0.262. The van der Waals surface area contributed by atoms with Gasteiger partial charge in [-0.3, -0.25) is 20.4 Å². The van der Waals surface area contributed by atoms with Gasteiger partial charge in [-0.1, -0.05) is 35.3 Å². The standard InChI is InChI=1S/C17H13BrCl2N2O3/c18-14-9-13(20)6-7-15(14)25-10-17(24)22-21-16(23)8-3-11-1-4-12(19)5-2-11/h1-9H,10H2,(H,21,23)(H,22,24)/b8-3+. The Labute approximate surface area is 163 Å². The van der Waals surface area contributed by atoms with Crippen LogP contribution in [-0.2, 0) is 9.59 Å². The molecule has 2 amide bonds. The summed E-state index contributed by atoms with van der Waals surface area (Å²) in [7, 11) is 0. The lowest BCUT2D eigenvalue weighted by molar-refractivity contribution is -0.128. The van der Waals surface area contributed by atoms with Crippen molar-refractivity contribution >= 4 is 57.0 Å². The summed E-state index contributed by atoms with van der Waals surface area (Å²) in [6.45, 7) is -0.262. The van der Waals surface area contributed by atoms with Gasteiger partial charge in [0.2, 0.25) is 0 Å². The molecule has 0 spiro atoms. The third-order valence-corrected chi connectivity index (χ3v) is 3.98.